The second kappa shape index (κ2) is 5.39. The van der Waals surface area contributed by atoms with E-state index in [1.165, 1.54) is 6.21 Å². The van der Waals surface area contributed by atoms with Crippen LogP contribution in [-0.4, -0.2) is 46.2 Å². The Morgan fingerprint density at radius 3 is 2.71 bits per heavy atom. The first-order chi connectivity index (χ1) is 7.93. The summed E-state index contributed by atoms with van der Waals surface area (Å²) in [4.78, 5) is 33.1. The van der Waals surface area contributed by atoms with E-state index in [9.17, 15) is 14.4 Å². The largest absolute Gasteiger partial charge is 0.480 e. The molecule has 0 spiro atoms. The number of hydrogen-bond donors (Lipinski definition) is 3. The summed E-state index contributed by atoms with van der Waals surface area (Å²) in [7, 11) is 0. The van der Waals surface area contributed by atoms with Crippen LogP contribution in [0.2, 0.25) is 0 Å². The lowest BCUT2D eigenvalue weighted by Gasteiger charge is -2.21. The van der Waals surface area contributed by atoms with E-state index in [-0.39, 0.29) is 19.3 Å². The van der Waals surface area contributed by atoms with Gasteiger partial charge in [-0.25, -0.2) is 9.80 Å². The second-order valence-corrected chi connectivity index (χ2v) is 3.68. The number of carboxylic acids is 1. The van der Waals surface area contributed by atoms with Crippen molar-refractivity contribution >= 4 is 24.0 Å². The summed E-state index contributed by atoms with van der Waals surface area (Å²) in [5.41, 5.74) is 10.5. The number of primary amides is 1. The van der Waals surface area contributed by atoms with Crippen LogP contribution in [0.1, 0.15) is 19.3 Å². The van der Waals surface area contributed by atoms with Crippen LogP contribution in [-0.2, 0) is 14.4 Å². The predicted octanol–water partition coefficient (Wildman–Crippen LogP) is -1.75. The number of nitrogens with two attached hydrogens (primary N) is 2. The Labute approximate surface area is 97.2 Å². The van der Waals surface area contributed by atoms with Crippen LogP contribution < -0.4 is 11.5 Å². The number of carbonyl (C=O) groups is 3. The Morgan fingerprint density at radius 1 is 1.53 bits per heavy atom. The fourth-order valence-corrected chi connectivity index (χ4v) is 1.42. The van der Waals surface area contributed by atoms with Crippen LogP contribution in [0, 0.1) is 0 Å². The molecule has 0 bridgehead atoms. The van der Waals surface area contributed by atoms with E-state index in [0.717, 1.165) is 5.01 Å². The van der Waals surface area contributed by atoms with Gasteiger partial charge in [0, 0.05) is 19.1 Å². The van der Waals surface area contributed by atoms with Crippen molar-refractivity contribution in [2.75, 3.05) is 0 Å². The van der Waals surface area contributed by atoms with Crippen molar-refractivity contribution in [2.24, 2.45) is 16.6 Å². The van der Waals surface area contributed by atoms with Gasteiger partial charge in [-0.05, 0) is 6.42 Å². The maximum atomic E-state index is 11.7. The molecule has 5 N–H and O–H groups in total. The molecule has 0 saturated carbocycles. The van der Waals surface area contributed by atoms with E-state index >= 15 is 0 Å². The second-order valence-electron chi connectivity index (χ2n) is 3.68. The van der Waals surface area contributed by atoms with Gasteiger partial charge in [-0.2, -0.15) is 5.10 Å². The lowest BCUT2D eigenvalue weighted by molar-refractivity contribution is -0.149. The smallest absolute Gasteiger partial charge is 0.329 e. The quantitative estimate of drug-likeness (QED) is 0.524. The number of hydrogen-bond acceptors (Lipinski definition) is 5. The van der Waals surface area contributed by atoms with Crippen LogP contribution in [0.4, 0.5) is 0 Å². The molecular formula is C9H14N4O4. The Balaban J connectivity index is 2.59. The van der Waals surface area contributed by atoms with Gasteiger partial charge in [0.1, 0.15) is 0 Å². The van der Waals surface area contributed by atoms with E-state index in [4.69, 9.17) is 16.6 Å². The van der Waals surface area contributed by atoms with Crippen LogP contribution in [0.5, 0.6) is 0 Å². The molecule has 1 rings (SSSR count). The average Bonchev–Trinajstić information content (AvgIpc) is 2.73. The highest BCUT2D eigenvalue weighted by molar-refractivity contribution is 5.90. The molecule has 0 radical (unpaired) electrons. The number of carbonyl (C=O) groups excluding carboxylic acids is 2. The van der Waals surface area contributed by atoms with E-state index < -0.39 is 29.9 Å². The zero-order valence-corrected chi connectivity index (χ0v) is 9.07. The fraction of sp³-hybridized carbons (Fsp3) is 0.556. The van der Waals surface area contributed by atoms with Gasteiger partial charge in [-0.15, -0.1) is 0 Å². The van der Waals surface area contributed by atoms with Crippen molar-refractivity contribution in [3.8, 4) is 0 Å². The normalized spacial score (nSPS) is 20.3. The van der Waals surface area contributed by atoms with Crippen LogP contribution >= 0.6 is 0 Å². The molecule has 1 unspecified atom stereocenters. The molecule has 2 atom stereocenters. The lowest BCUT2D eigenvalue weighted by atomic mass is 10.1. The highest BCUT2D eigenvalue weighted by Gasteiger charge is 2.34. The molecule has 0 aromatic rings. The molecule has 8 nitrogen and oxygen atoms in total. The topological polar surface area (TPSA) is 139 Å². The Hall–Kier alpha value is -1.96. The molecule has 2 amide bonds. The Kier molecular flexibility index (Phi) is 4.16. The fourth-order valence-electron chi connectivity index (χ4n) is 1.42. The van der Waals surface area contributed by atoms with Crippen molar-refractivity contribution in [3.05, 3.63) is 0 Å². The zero-order chi connectivity index (χ0) is 13.0. The molecule has 0 fully saturated rings. The average molecular weight is 242 g/mol. The summed E-state index contributed by atoms with van der Waals surface area (Å²) in [5, 5.41) is 13.4. The summed E-state index contributed by atoms with van der Waals surface area (Å²) in [6.45, 7) is 0. The molecule has 0 saturated heterocycles. The molecule has 17 heavy (non-hydrogen) atoms. The highest BCUT2D eigenvalue weighted by Crippen LogP contribution is 2.13. The predicted molar refractivity (Wildman–Crippen MR) is 57.8 cm³/mol. The van der Waals surface area contributed by atoms with Crippen molar-refractivity contribution in [1.82, 2.24) is 5.01 Å². The monoisotopic (exact) mass is 242 g/mol. The number of hydrazone groups is 1. The summed E-state index contributed by atoms with van der Waals surface area (Å²) in [6.07, 6.45) is 1.55. The minimum absolute atomic E-state index is 0.0256. The molecule has 1 aliphatic rings. The minimum Gasteiger partial charge on any atom is -0.480 e. The van der Waals surface area contributed by atoms with Gasteiger partial charge >= 0.3 is 5.97 Å². The number of rotatable bonds is 5. The molecule has 1 aliphatic heterocycles. The van der Waals surface area contributed by atoms with Gasteiger partial charge in [-0.3, -0.25) is 9.59 Å². The van der Waals surface area contributed by atoms with Crippen molar-refractivity contribution in [1.29, 1.82) is 0 Å². The van der Waals surface area contributed by atoms with E-state index in [0.29, 0.717) is 0 Å². The summed E-state index contributed by atoms with van der Waals surface area (Å²) in [5.74, 6) is -2.32. The number of aliphatic carboxylic acids is 1. The van der Waals surface area contributed by atoms with E-state index in [1.807, 2.05) is 0 Å². The number of amides is 2. The number of carboxylic acid groups (broad SMARTS) is 1. The van der Waals surface area contributed by atoms with Crippen LogP contribution in [0.25, 0.3) is 0 Å². The molecular weight excluding hydrogens is 228 g/mol. The van der Waals surface area contributed by atoms with Crippen molar-refractivity contribution in [2.45, 2.75) is 31.3 Å². The highest BCUT2D eigenvalue weighted by atomic mass is 16.4. The van der Waals surface area contributed by atoms with E-state index in [2.05, 4.69) is 5.10 Å². The van der Waals surface area contributed by atoms with Gasteiger partial charge in [0.05, 0.1) is 6.04 Å². The Bertz CT molecular complexity index is 368. The molecule has 94 valence electrons. The SMILES string of the molecule is NC(=O)CC[C@H](N)C(=O)N1N=CCC1C(=O)O. The lowest BCUT2D eigenvalue weighted by Crippen LogP contribution is -2.47. The molecule has 0 aromatic heterocycles. The molecule has 0 aliphatic carbocycles. The van der Waals surface area contributed by atoms with Crippen molar-refractivity contribution < 1.29 is 19.5 Å². The zero-order valence-electron chi connectivity index (χ0n) is 9.07. The first-order valence-electron chi connectivity index (χ1n) is 5.05. The first kappa shape index (κ1) is 13.1. The maximum Gasteiger partial charge on any atom is 0.329 e. The summed E-state index contributed by atoms with van der Waals surface area (Å²) in [6, 6.07) is -1.98. The maximum absolute atomic E-state index is 11.7. The molecule has 8 heteroatoms. The standard InChI is InChI=1S/C9H14N4O4/c10-5(1-2-7(11)14)8(15)13-6(9(16)17)3-4-12-13/h4-6H,1-3,10H2,(H2,11,14)(H,16,17)/t5-,6?/m0/s1. The summed E-state index contributed by atoms with van der Waals surface area (Å²) < 4.78 is 0. The van der Waals surface area contributed by atoms with Gasteiger partial charge in [-0.1, -0.05) is 0 Å². The van der Waals surface area contributed by atoms with Gasteiger partial charge < -0.3 is 16.6 Å². The van der Waals surface area contributed by atoms with Gasteiger partial charge in [0.15, 0.2) is 6.04 Å². The third-order valence-electron chi connectivity index (χ3n) is 2.36. The minimum atomic E-state index is -1.14. The molecule has 0 aromatic carbocycles. The van der Waals surface area contributed by atoms with Gasteiger partial charge in [0.25, 0.3) is 5.91 Å². The third-order valence-corrected chi connectivity index (χ3v) is 2.36. The van der Waals surface area contributed by atoms with Gasteiger partial charge in [0.2, 0.25) is 5.91 Å². The van der Waals surface area contributed by atoms with Crippen molar-refractivity contribution in [3.63, 3.8) is 0 Å². The van der Waals surface area contributed by atoms with Crippen LogP contribution in [0.3, 0.4) is 0 Å². The number of nitrogens with zero attached hydrogens (tertiary/aromatic N) is 2. The first-order valence-corrected chi connectivity index (χ1v) is 5.05. The van der Waals surface area contributed by atoms with E-state index in [1.54, 1.807) is 0 Å². The summed E-state index contributed by atoms with van der Waals surface area (Å²) >= 11 is 0. The Morgan fingerprint density at radius 2 is 2.18 bits per heavy atom. The third kappa shape index (κ3) is 3.25. The van der Waals surface area contributed by atoms with Crippen LogP contribution in [0.15, 0.2) is 5.10 Å². The molecule has 1 heterocycles.